The third-order valence-electron chi connectivity index (χ3n) is 5.05. The predicted octanol–water partition coefficient (Wildman–Crippen LogP) is 3.43. The van der Waals surface area contributed by atoms with E-state index in [-0.39, 0.29) is 5.02 Å². The van der Waals surface area contributed by atoms with Crippen molar-refractivity contribution in [1.82, 2.24) is 19.5 Å². The smallest absolute Gasteiger partial charge is 0.160 e. The molecule has 0 aliphatic carbocycles. The molecule has 1 aliphatic rings. The number of likely N-dealkylation sites (tertiary alicyclic amines) is 1. The molecule has 3 aromatic rings. The minimum atomic E-state index is -0.728. The summed E-state index contributed by atoms with van der Waals surface area (Å²) in [7, 11) is 0. The SMILES string of the molecule is OC(CN1CCC(c2nnc3ccccn23)CC1)c1ccc(F)cc1Cl. The number of aliphatic hydroxyl groups is 1. The fourth-order valence-electron chi connectivity index (χ4n) is 3.63. The first-order chi connectivity index (χ1) is 12.6. The molecule has 1 N–H and O–H groups in total. The summed E-state index contributed by atoms with van der Waals surface area (Å²) in [5.41, 5.74) is 1.44. The van der Waals surface area contributed by atoms with E-state index in [1.54, 1.807) is 6.07 Å². The van der Waals surface area contributed by atoms with Gasteiger partial charge < -0.3 is 10.0 Å². The highest BCUT2D eigenvalue weighted by atomic mass is 35.5. The van der Waals surface area contributed by atoms with Crippen LogP contribution >= 0.6 is 11.6 Å². The van der Waals surface area contributed by atoms with E-state index in [0.717, 1.165) is 37.4 Å². The Morgan fingerprint density at radius 1 is 1.19 bits per heavy atom. The fraction of sp³-hybridized carbons (Fsp3) is 0.368. The monoisotopic (exact) mass is 374 g/mol. The van der Waals surface area contributed by atoms with Crippen LogP contribution in [0.2, 0.25) is 5.02 Å². The topological polar surface area (TPSA) is 53.7 Å². The summed E-state index contributed by atoms with van der Waals surface area (Å²) >= 11 is 6.05. The number of pyridine rings is 1. The Morgan fingerprint density at radius 2 is 2.00 bits per heavy atom. The molecule has 1 aliphatic heterocycles. The Hall–Kier alpha value is -2.02. The van der Waals surface area contributed by atoms with E-state index in [2.05, 4.69) is 15.1 Å². The molecule has 4 rings (SSSR count). The molecule has 1 atom stereocenters. The number of β-amino-alcohol motifs (C(OH)–C–C–N with tert-alkyl or cyclic N) is 1. The van der Waals surface area contributed by atoms with E-state index < -0.39 is 11.9 Å². The maximum atomic E-state index is 13.2. The van der Waals surface area contributed by atoms with E-state index in [0.29, 0.717) is 18.0 Å². The van der Waals surface area contributed by atoms with Crippen LogP contribution < -0.4 is 0 Å². The lowest BCUT2D eigenvalue weighted by molar-refractivity contribution is 0.0965. The standard InChI is InChI=1S/C19H20ClFN4O/c20-16-11-14(21)4-5-15(16)17(26)12-24-9-6-13(7-10-24)19-23-22-18-3-1-2-8-25(18)19/h1-5,8,11,13,17,26H,6-7,9-10,12H2. The number of rotatable bonds is 4. The van der Waals surface area contributed by atoms with Gasteiger partial charge in [0.15, 0.2) is 5.65 Å². The van der Waals surface area contributed by atoms with Crippen LogP contribution in [0.15, 0.2) is 42.6 Å². The first kappa shape index (κ1) is 17.4. The van der Waals surface area contributed by atoms with Gasteiger partial charge in [0.05, 0.1) is 6.10 Å². The molecule has 0 spiro atoms. The number of halogens is 2. The first-order valence-electron chi connectivity index (χ1n) is 8.77. The number of benzene rings is 1. The van der Waals surface area contributed by atoms with Gasteiger partial charge in [-0.2, -0.15) is 0 Å². The number of aliphatic hydroxyl groups excluding tert-OH is 1. The highest BCUT2D eigenvalue weighted by Gasteiger charge is 2.26. The Kier molecular flexibility index (Phi) is 4.89. The molecule has 1 unspecified atom stereocenters. The number of nitrogens with zero attached hydrogens (tertiary/aromatic N) is 4. The number of piperidine rings is 1. The summed E-state index contributed by atoms with van der Waals surface area (Å²) < 4.78 is 15.2. The Morgan fingerprint density at radius 3 is 2.77 bits per heavy atom. The molecule has 3 heterocycles. The highest BCUT2D eigenvalue weighted by Crippen LogP contribution is 2.29. The summed E-state index contributed by atoms with van der Waals surface area (Å²) in [5.74, 6) is 0.963. The molecule has 2 aromatic heterocycles. The lowest BCUT2D eigenvalue weighted by Gasteiger charge is -2.32. The fourth-order valence-corrected chi connectivity index (χ4v) is 3.92. The highest BCUT2D eigenvalue weighted by molar-refractivity contribution is 6.31. The van der Waals surface area contributed by atoms with Crippen LogP contribution in [-0.4, -0.2) is 44.2 Å². The van der Waals surface area contributed by atoms with Crippen molar-refractivity contribution in [3.63, 3.8) is 0 Å². The second-order valence-electron chi connectivity index (χ2n) is 6.74. The van der Waals surface area contributed by atoms with Crippen LogP contribution in [0.25, 0.3) is 5.65 Å². The summed E-state index contributed by atoms with van der Waals surface area (Å²) in [6.07, 6.45) is 3.18. The van der Waals surface area contributed by atoms with Crippen molar-refractivity contribution in [2.45, 2.75) is 24.9 Å². The molecule has 0 bridgehead atoms. The van der Waals surface area contributed by atoms with E-state index in [1.807, 2.05) is 28.8 Å². The van der Waals surface area contributed by atoms with Crippen LogP contribution in [0.3, 0.4) is 0 Å². The molecule has 0 saturated carbocycles. The maximum absolute atomic E-state index is 13.2. The normalized spacial score (nSPS) is 17.7. The molecule has 0 amide bonds. The van der Waals surface area contributed by atoms with Crippen molar-refractivity contribution in [3.05, 3.63) is 64.8 Å². The lowest BCUT2D eigenvalue weighted by atomic mass is 9.95. The van der Waals surface area contributed by atoms with Gasteiger partial charge in [0.1, 0.15) is 11.6 Å². The van der Waals surface area contributed by atoms with Gasteiger partial charge in [-0.3, -0.25) is 4.40 Å². The molecule has 1 saturated heterocycles. The third kappa shape index (κ3) is 3.45. The second-order valence-corrected chi connectivity index (χ2v) is 7.15. The van der Waals surface area contributed by atoms with Gasteiger partial charge in [-0.05, 0) is 50.2 Å². The minimum Gasteiger partial charge on any atom is -0.387 e. The largest absolute Gasteiger partial charge is 0.387 e. The van der Waals surface area contributed by atoms with Gasteiger partial charge in [-0.1, -0.05) is 23.7 Å². The maximum Gasteiger partial charge on any atom is 0.160 e. The summed E-state index contributed by atoms with van der Waals surface area (Å²) in [6, 6.07) is 10.0. The predicted molar refractivity (Wildman–Crippen MR) is 97.8 cm³/mol. The van der Waals surface area contributed by atoms with E-state index in [1.165, 1.54) is 12.1 Å². The number of hydrogen-bond donors (Lipinski definition) is 1. The zero-order valence-corrected chi connectivity index (χ0v) is 15.0. The Labute approximate surface area is 156 Å². The summed E-state index contributed by atoms with van der Waals surface area (Å²) in [5, 5.41) is 19.3. The second kappa shape index (κ2) is 7.31. The summed E-state index contributed by atoms with van der Waals surface area (Å²) in [4.78, 5) is 2.21. The van der Waals surface area contributed by atoms with Crippen LogP contribution in [0.5, 0.6) is 0 Å². The van der Waals surface area contributed by atoms with Gasteiger partial charge in [-0.25, -0.2) is 4.39 Å². The van der Waals surface area contributed by atoms with Crippen LogP contribution in [0, 0.1) is 5.82 Å². The first-order valence-corrected chi connectivity index (χ1v) is 9.14. The van der Waals surface area contributed by atoms with Crippen molar-refractivity contribution >= 4 is 17.2 Å². The average Bonchev–Trinajstić information content (AvgIpc) is 3.06. The van der Waals surface area contributed by atoms with Crippen LogP contribution in [-0.2, 0) is 0 Å². The van der Waals surface area contributed by atoms with Crippen molar-refractivity contribution in [3.8, 4) is 0 Å². The molecular weight excluding hydrogens is 355 g/mol. The van der Waals surface area contributed by atoms with Gasteiger partial charge >= 0.3 is 0 Å². The lowest BCUT2D eigenvalue weighted by Crippen LogP contribution is -2.36. The van der Waals surface area contributed by atoms with Crippen LogP contribution in [0.1, 0.15) is 36.3 Å². The van der Waals surface area contributed by atoms with Crippen molar-refractivity contribution < 1.29 is 9.50 Å². The van der Waals surface area contributed by atoms with Gasteiger partial charge in [0.25, 0.3) is 0 Å². The van der Waals surface area contributed by atoms with E-state index in [4.69, 9.17) is 11.6 Å². The molecule has 0 radical (unpaired) electrons. The number of aromatic nitrogens is 3. The van der Waals surface area contributed by atoms with Gasteiger partial charge in [0.2, 0.25) is 0 Å². The zero-order valence-electron chi connectivity index (χ0n) is 14.2. The molecule has 7 heteroatoms. The van der Waals surface area contributed by atoms with Crippen molar-refractivity contribution in [2.75, 3.05) is 19.6 Å². The molecule has 1 fully saturated rings. The van der Waals surface area contributed by atoms with Gasteiger partial charge in [0, 0.05) is 29.2 Å². The Balaban J connectivity index is 1.39. The Bertz CT molecular complexity index is 907. The van der Waals surface area contributed by atoms with Crippen molar-refractivity contribution in [1.29, 1.82) is 0 Å². The molecule has 5 nitrogen and oxygen atoms in total. The molecule has 1 aromatic carbocycles. The molecule has 136 valence electrons. The third-order valence-corrected chi connectivity index (χ3v) is 5.37. The van der Waals surface area contributed by atoms with Crippen molar-refractivity contribution in [2.24, 2.45) is 0 Å². The zero-order chi connectivity index (χ0) is 18.1. The van der Waals surface area contributed by atoms with Gasteiger partial charge in [-0.15, -0.1) is 10.2 Å². The summed E-state index contributed by atoms with van der Waals surface area (Å²) in [6.45, 7) is 2.21. The molecular formula is C19H20ClFN4O. The quantitative estimate of drug-likeness (QED) is 0.760. The minimum absolute atomic E-state index is 0.266. The number of hydrogen-bond acceptors (Lipinski definition) is 4. The number of fused-ring (bicyclic) bond motifs is 1. The molecule has 26 heavy (non-hydrogen) atoms. The van der Waals surface area contributed by atoms with E-state index in [9.17, 15) is 9.50 Å². The van der Waals surface area contributed by atoms with E-state index >= 15 is 0 Å². The average molecular weight is 375 g/mol. The van der Waals surface area contributed by atoms with Crippen LogP contribution in [0.4, 0.5) is 4.39 Å².